The normalized spacial score (nSPS) is 12.1. The van der Waals surface area contributed by atoms with E-state index < -0.39 is 0 Å². The maximum atomic E-state index is 11.7. The number of hydrogen-bond acceptors (Lipinski definition) is 3. The van der Waals surface area contributed by atoms with E-state index in [0.717, 1.165) is 11.1 Å². The van der Waals surface area contributed by atoms with Crippen molar-refractivity contribution in [3.8, 4) is 5.75 Å². The van der Waals surface area contributed by atoms with E-state index in [1.807, 2.05) is 68.4 Å². The molecule has 0 aliphatic rings. The maximum absolute atomic E-state index is 11.7. The van der Waals surface area contributed by atoms with Crippen molar-refractivity contribution in [1.29, 1.82) is 0 Å². The molecule has 22 heavy (non-hydrogen) atoms. The molecule has 1 amide bonds. The molecule has 0 fully saturated rings. The Hall–Kier alpha value is -2.62. The van der Waals surface area contributed by atoms with Gasteiger partial charge in [-0.2, -0.15) is 5.10 Å². The zero-order valence-corrected chi connectivity index (χ0v) is 12.8. The fourth-order valence-corrected chi connectivity index (χ4v) is 1.95. The Kier molecular flexibility index (Phi) is 5.72. The first-order valence-corrected chi connectivity index (χ1v) is 7.21. The average Bonchev–Trinajstić information content (AvgIpc) is 2.54. The highest BCUT2D eigenvalue weighted by Gasteiger charge is 2.03. The van der Waals surface area contributed by atoms with Crippen LogP contribution in [0.3, 0.4) is 0 Å². The minimum Gasteiger partial charge on any atom is -0.484 e. The van der Waals surface area contributed by atoms with Gasteiger partial charge in [-0.15, -0.1) is 0 Å². The van der Waals surface area contributed by atoms with Crippen LogP contribution in [-0.4, -0.2) is 18.7 Å². The van der Waals surface area contributed by atoms with E-state index in [1.165, 1.54) is 0 Å². The van der Waals surface area contributed by atoms with Gasteiger partial charge in [-0.1, -0.05) is 49.4 Å². The van der Waals surface area contributed by atoms with Crippen molar-refractivity contribution in [3.05, 3.63) is 65.7 Å². The Balaban J connectivity index is 1.77. The van der Waals surface area contributed by atoms with Crippen molar-refractivity contribution in [2.24, 2.45) is 5.10 Å². The summed E-state index contributed by atoms with van der Waals surface area (Å²) in [5, 5.41) is 3.97. The molecule has 0 saturated heterocycles. The van der Waals surface area contributed by atoms with Crippen LogP contribution in [0.5, 0.6) is 5.75 Å². The Morgan fingerprint density at radius 3 is 2.73 bits per heavy atom. The van der Waals surface area contributed by atoms with Gasteiger partial charge in [0.05, 0.1) is 0 Å². The molecule has 0 spiro atoms. The second-order valence-corrected chi connectivity index (χ2v) is 5.12. The SMILES string of the molecule is Cc1cccc(OCC(=O)N/N=C\[C@@H](C)c2ccccc2)c1. The summed E-state index contributed by atoms with van der Waals surface area (Å²) in [4.78, 5) is 11.7. The summed E-state index contributed by atoms with van der Waals surface area (Å²) in [6, 6.07) is 17.6. The van der Waals surface area contributed by atoms with Crippen molar-refractivity contribution < 1.29 is 9.53 Å². The number of hydrogen-bond donors (Lipinski definition) is 1. The number of amides is 1. The van der Waals surface area contributed by atoms with Gasteiger partial charge in [0, 0.05) is 12.1 Å². The summed E-state index contributed by atoms with van der Waals surface area (Å²) < 4.78 is 5.40. The van der Waals surface area contributed by atoms with Gasteiger partial charge in [-0.3, -0.25) is 4.79 Å². The average molecular weight is 296 g/mol. The van der Waals surface area contributed by atoms with Gasteiger partial charge >= 0.3 is 0 Å². The number of nitrogens with zero attached hydrogens (tertiary/aromatic N) is 1. The zero-order valence-electron chi connectivity index (χ0n) is 12.8. The Morgan fingerprint density at radius 1 is 1.23 bits per heavy atom. The largest absolute Gasteiger partial charge is 0.484 e. The maximum Gasteiger partial charge on any atom is 0.277 e. The van der Waals surface area contributed by atoms with Crippen LogP contribution in [0, 0.1) is 6.92 Å². The molecule has 0 aliphatic carbocycles. The second-order valence-electron chi connectivity index (χ2n) is 5.12. The molecule has 0 heterocycles. The summed E-state index contributed by atoms with van der Waals surface area (Å²) in [7, 11) is 0. The van der Waals surface area contributed by atoms with Crippen molar-refractivity contribution in [2.45, 2.75) is 19.8 Å². The number of nitrogens with one attached hydrogen (secondary N) is 1. The van der Waals surface area contributed by atoms with E-state index >= 15 is 0 Å². The Bertz CT molecular complexity index is 639. The van der Waals surface area contributed by atoms with E-state index in [1.54, 1.807) is 6.21 Å². The van der Waals surface area contributed by atoms with Crippen molar-refractivity contribution >= 4 is 12.1 Å². The van der Waals surface area contributed by atoms with Crippen LogP contribution in [0.15, 0.2) is 59.7 Å². The number of benzene rings is 2. The third-order valence-electron chi connectivity index (χ3n) is 3.17. The van der Waals surface area contributed by atoms with Gasteiger partial charge in [0.15, 0.2) is 6.61 Å². The lowest BCUT2D eigenvalue weighted by molar-refractivity contribution is -0.123. The molecule has 2 aromatic carbocycles. The van der Waals surface area contributed by atoms with Crippen LogP contribution >= 0.6 is 0 Å². The molecule has 4 nitrogen and oxygen atoms in total. The van der Waals surface area contributed by atoms with Crippen molar-refractivity contribution in [1.82, 2.24) is 5.43 Å². The topological polar surface area (TPSA) is 50.7 Å². The first-order chi connectivity index (χ1) is 10.6. The van der Waals surface area contributed by atoms with E-state index in [9.17, 15) is 4.79 Å². The van der Waals surface area contributed by atoms with Gasteiger partial charge in [0.25, 0.3) is 5.91 Å². The molecule has 0 radical (unpaired) electrons. The van der Waals surface area contributed by atoms with Crippen LogP contribution in [0.4, 0.5) is 0 Å². The molecule has 0 saturated carbocycles. The molecule has 2 aromatic rings. The first-order valence-electron chi connectivity index (χ1n) is 7.21. The van der Waals surface area contributed by atoms with E-state index in [-0.39, 0.29) is 18.4 Å². The monoisotopic (exact) mass is 296 g/mol. The van der Waals surface area contributed by atoms with Gasteiger partial charge in [0.2, 0.25) is 0 Å². The second kappa shape index (κ2) is 7.98. The minimum absolute atomic E-state index is 0.0550. The molecule has 0 aliphatic heterocycles. The van der Waals surface area contributed by atoms with Crippen LogP contribution in [0.25, 0.3) is 0 Å². The smallest absolute Gasteiger partial charge is 0.277 e. The third-order valence-corrected chi connectivity index (χ3v) is 3.17. The zero-order chi connectivity index (χ0) is 15.8. The van der Waals surface area contributed by atoms with Gasteiger partial charge in [0.1, 0.15) is 5.75 Å². The van der Waals surface area contributed by atoms with Gasteiger partial charge < -0.3 is 4.74 Å². The fraction of sp³-hybridized carbons (Fsp3) is 0.222. The molecule has 2 rings (SSSR count). The molecular formula is C18H20N2O2. The van der Waals surface area contributed by atoms with Crippen LogP contribution in [-0.2, 0) is 4.79 Å². The summed E-state index contributed by atoms with van der Waals surface area (Å²) in [6.07, 6.45) is 1.71. The number of ether oxygens (including phenoxy) is 1. The molecule has 1 atom stereocenters. The fourth-order valence-electron chi connectivity index (χ4n) is 1.95. The Morgan fingerprint density at radius 2 is 2.00 bits per heavy atom. The highest BCUT2D eigenvalue weighted by molar-refractivity contribution is 5.78. The van der Waals surface area contributed by atoms with Crippen LogP contribution in [0.2, 0.25) is 0 Å². The molecule has 0 bridgehead atoms. The summed E-state index contributed by atoms with van der Waals surface area (Å²) >= 11 is 0. The number of aryl methyl sites for hydroxylation is 1. The number of carbonyl (C=O) groups excluding carboxylic acids is 1. The molecule has 4 heteroatoms. The number of carbonyl (C=O) groups is 1. The highest BCUT2D eigenvalue weighted by atomic mass is 16.5. The number of rotatable bonds is 6. The summed E-state index contributed by atoms with van der Waals surface area (Å²) in [6.45, 7) is 3.94. The van der Waals surface area contributed by atoms with Gasteiger partial charge in [-0.25, -0.2) is 5.43 Å². The molecule has 0 aromatic heterocycles. The molecule has 1 N–H and O–H groups in total. The standard InChI is InChI=1S/C18H20N2O2/c1-14-7-6-10-17(11-14)22-13-18(21)20-19-12-15(2)16-8-4-3-5-9-16/h3-12,15H,13H2,1-2H3,(H,20,21)/b19-12-/t15-/m1/s1. The lowest BCUT2D eigenvalue weighted by Gasteiger charge is -2.07. The predicted octanol–water partition coefficient (Wildman–Crippen LogP) is 3.28. The summed E-state index contributed by atoms with van der Waals surface area (Å²) in [5.41, 5.74) is 4.71. The van der Waals surface area contributed by atoms with Crippen molar-refractivity contribution in [3.63, 3.8) is 0 Å². The van der Waals surface area contributed by atoms with E-state index in [4.69, 9.17) is 4.74 Å². The van der Waals surface area contributed by atoms with Crippen LogP contribution in [0.1, 0.15) is 24.0 Å². The van der Waals surface area contributed by atoms with E-state index in [2.05, 4.69) is 10.5 Å². The van der Waals surface area contributed by atoms with Crippen molar-refractivity contribution in [2.75, 3.05) is 6.61 Å². The summed E-state index contributed by atoms with van der Waals surface area (Å²) in [5.74, 6) is 0.536. The third kappa shape index (κ3) is 5.05. The van der Waals surface area contributed by atoms with E-state index in [0.29, 0.717) is 5.75 Å². The number of hydrazone groups is 1. The molecule has 0 unspecified atom stereocenters. The Labute approximate surface area is 130 Å². The highest BCUT2D eigenvalue weighted by Crippen LogP contribution is 2.12. The minimum atomic E-state index is -0.280. The quantitative estimate of drug-likeness (QED) is 0.657. The van der Waals surface area contributed by atoms with Crippen LogP contribution < -0.4 is 10.2 Å². The van der Waals surface area contributed by atoms with Gasteiger partial charge in [-0.05, 0) is 30.2 Å². The predicted molar refractivity (Wildman–Crippen MR) is 88.2 cm³/mol. The lowest BCUT2D eigenvalue weighted by atomic mass is 10.0. The first kappa shape index (κ1) is 15.8. The lowest BCUT2D eigenvalue weighted by Crippen LogP contribution is -2.24. The molecular weight excluding hydrogens is 276 g/mol. The molecule has 114 valence electrons.